The van der Waals surface area contributed by atoms with E-state index < -0.39 is 0 Å². The highest BCUT2D eigenvalue weighted by molar-refractivity contribution is 5.94. The van der Waals surface area contributed by atoms with Crippen molar-refractivity contribution in [1.82, 2.24) is 19.4 Å². The van der Waals surface area contributed by atoms with Gasteiger partial charge in [-0.1, -0.05) is 24.6 Å². The molecule has 0 bridgehead atoms. The minimum Gasteiger partial charge on any atom is -0.493 e. The highest BCUT2D eigenvalue weighted by atomic mass is 16.3. The van der Waals surface area contributed by atoms with Crippen LogP contribution in [0.1, 0.15) is 30.7 Å². The number of hydrogen-bond donors (Lipinski definition) is 1. The quantitative estimate of drug-likeness (QED) is 0.686. The van der Waals surface area contributed by atoms with Gasteiger partial charge in [-0.05, 0) is 51.9 Å². The molecule has 0 spiro atoms. The first kappa shape index (κ1) is 17.6. The number of aromatic nitrogens is 3. The van der Waals surface area contributed by atoms with Crippen molar-refractivity contribution in [2.24, 2.45) is 10.2 Å². The van der Waals surface area contributed by atoms with E-state index in [2.05, 4.69) is 25.1 Å². The van der Waals surface area contributed by atoms with E-state index in [-0.39, 0.29) is 5.88 Å². The van der Waals surface area contributed by atoms with E-state index in [1.165, 1.54) is 19.3 Å². The Bertz CT molecular complexity index is 967. The number of aryl methyl sites for hydroxylation is 2. The molecule has 0 saturated carbocycles. The van der Waals surface area contributed by atoms with Crippen molar-refractivity contribution >= 4 is 22.5 Å². The monoisotopic (exact) mass is 364 g/mol. The largest absolute Gasteiger partial charge is 0.493 e. The van der Waals surface area contributed by atoms with Crippen LogP contribution in [0.3, 0.4) is 0 Å². The Balaban J connectivity index is 1.72. The topological polar surface area (TPSA) is 78.9 Å². The minimum absolute atomic E-state index is 0.134. The first-order valence-corrected chi connectivity index (χ1v) is 9.38. The molecule has 0 aliphatic carbocycles. The first-order valence-electron chi connectivity index (χ1n) is 9.38. The predicted molar refractivity (Wildman–Crippen MR) is 105 cm³/mol. The Morgan fingerprint density at radius 2 is 1.70 bits per heavy atom. The molecule has 1 aromatic carbocycles. The lowest BCUT2D eigenvalue weighted by Crippen LogP contribution is -2.31. The van der Waals surface area contributed by atoms with Crippen molar-refractivity contribution in [2.75, 3.05) is 13.1 Å². The van der Waals surface area contributed by atoms with Gasteiger partial charge in [-0.3, -0.25) is 9.47 Å². The smallest absolute Gasteiger partial charge is 0.269 e. The number of azo groups is 1. The fourth-order valence-corrected chi connectivity index (χ4v) is 3.66. The second kappa shape index (κ2) is 7.44. The number of para-hydroxylation sites is 1. The van der Waals surface area contributed by atoms with Gasteiger partial charge < -0.3 is 5.11 Å². The Kier molecular flexibility index (Phi) is 4.85. The average Bonchev–Trinajstić information content (AvgIpc) is 2.92. The number of benzene rings is 1. The maximum Gasteiger partial charge on any atom is 0.269 e. The number of hydrogen-bond acceptors (Lipinski definition) is 6. The molecule has 3 aromatic rings. The summed E-state index contributed by atoms with van der Waals surface area (Å²) >= 11 is 0. The van der Waals surface area contributed by atoms with Crippen LogP contribution in [-0.4, -0.2) is 37.6 Å². The molecule has 3 heterocycles. The lowest BCUT2D eigenvalue weighted by Gasteiger charge is -2.27. The predicted octanol–water partition coefficient (Wildman–Crippen LogP) is 4.61. The first-order chi connectivity index (χ1) is 13.1. The molecular formula is C20H24N6O. The standard InChI is InChI=1S/C20H24N6O/c1-14-12-15(2)22-20(21-14)24-23-18-16-8-4-5-9-17(16)26(19(18)27)13-25-10-6-3-7-11-25/h4-5,8-9,12,27H,3,6-7,10-11,13H2,1-2H3. The molecular weight excluding hydrogens is 340 g/mol. The van der Waals surface area contributed by atoms with Crippen molar-refractivity contribution < 1.29 is 5.11 Å². The van der Waals surface area contributed by atoms with Gasteiger partial charge in [-0.2, -0.15) is 0 Å². The van der Waals surface area contributed by atoms with Gasteiger partial charge in [0.2, 0.25) is 5.88 Å². The molecule has 1 N–H and O–H groups in total. The number of nitrogens with zero attached hydrogens (tertiary/aromatic N) is 6. The van der Waals surface area contributed by atoms with Crippen molar-refractivity contribution in [3.8, 4) is 5.88 Å². The number of aromatic hydroxyl groups is 1. The molecule has 0 unspecified atom stereocenters. The van der Waals surface area contributed by atoms with Crippen molar-refractivity contribution in [2.45, 2.75) is 39.8 Å². The van der Waals surface area contributed by atoms with E-state index in [0.717, 1.165) is 35.4 Å². The third-order valence-electron chi connectivity index (χ3n) is 4.92. The minimum atomic E-state index is 0.134. The Morgan fingerprint density at radius 3 is 2.44 bits per heavy atom. The Hall–Kier alpha value is -2.80. The molecule has 7 nitrogen and oxygen atoms in total. The van der Waals surface area contributed by atoms with Crippen LogP contribution in [-0.2, 0) is 6.67 Å². The Labute approximate surface area is 158 Å². The lowest BCUT2D eigenvalue weighted by molar-refractivity contribution is 0.178. The van der Waals surface area contributed by atoms with E-state index in [4.69, 9.17) is 0 Å². The van der Waals surface area contributed by atoms with E-state index in [9.17, 15) is 5.11 Å². The number of likely N-dealkylation sites (tertiary alicyclic amines) is 1. The maximum absolute atomic E-state index is 10.9. The zero-order valence-electron chi connectivity index (χ0n) is 15.8. The van der Waals surface area contributed by atoms with Gasteiger partial charge in [-0.25, -0.2) is 9.97 Å². The molecule has 140 valence electrons. The van der Waals surface area contributed by atoms with E-state index in [1.54, 1.807) is 0 Å². The zero-order valence-corrected chi connectivity index (χ0v) is 15.8. The van der Waals surface area contributed by atoms with Gasteiger partial charge in [0.15, 0.2) is 5.69 Å². The summed E-state index contributed by atoms with van der Waals surface area (Å²) in [5.41, 5.74) is 3.10. The molecule has 2 aromatic heterocycles. The van der Waals surface area contributed by atoms with Crippen molar-refractivity contribution in [3.05, 3.63) is 41.7 Å². The molecule has 27 heavy (non-hydrogen) atoms. The molecule has 0 amide bonds. The fourth-order valence-electron chi connectivity index (χ4n) is 3.66. The molecule has 1 fully saturated rings. The molecule has 4 rings (SSSR count). The second-order valence-corrected chi connectivity index (χ2v) is 7.09. The summed E-state index contributed by atoms with van der Waals surface area (Å²) in [7, 11) is 0. The molecule has 7 heteroatoms. The van der Waals surface area contributed by atoms with Gasteiger partial charge in [0, 0.05) is 16.8 Å². The van der Waals surface area contributed by atoms with Crippen LogP contribution in [0.15, 0.2) is 40.6 Å². The van der Waals surface area contributed by atoms with Crippen LogP contribution in [0.5, 0.6) is 5.88 Å². The number of rotatable bonds is 4. The number of fused-ring (bicyclic) bond motifs is 1. The van der Waals surface area contributed by atoms with Gasteiger partial charge in [0.25, 0.3) is 5.95 Å². The normalized spacial score (nSPS) is 15.8. The van der Waals surface area contributed by atoms with Crippen LogP contribution in [0, 0.1) is 13.8 Å². The average molecular weight is 364 g/mol. The van der Waals surface area contributed by atoms with Gasteiger partial charge in [-0.15, -0.1) is 10.2 Å². The summed E-state index contributed by atoms with van der Waals surface area (Å²) in [5.74, 6) is 0.440. The van der Waals surface area contributed by atoms with Gasteiger partial charge in [0.1, 0.15) is 0 Å². The molecule has 0 atom stereocenters. The SMILES string of the molecule is Cc1cc(C)nc(N=Nc2c(O)n(CN3CCCCC3)c3ccccc23)n1. The van der Waals surface area contributed by atoms with Crippen LogP contribution >= 0.6 is 0 Å². The summed E-state index contributed by atoms with van der Waals surface area (Å²) in [6.07, 6.45) is 3.69. The van der Waals surface area contributed by atoms with E-state index in [0.29, 0.717) is 18.3 Å². The van der Waals surface area contributed by atoms with Crippen LogP contribution in [0.25, 0.3) is 10.9 Å². The Morgan fingerprint density at radius 1 is 1.00 bits per heavy atom. The molecule has 0 radical (unpaired) electrons. The third kappa shape index (κ3) is 3.68. The number of piperidine rings is 1. The summed E-state index contributed by atoms with van der Waals surface area (Å²) < 4.78 is 1.91. The molecule has 1 aliphatic heterocycles. The third-order valence-corrected chi connectivity index (χ3v) is 4.92. The zero-order chi connectivity index (χ0) is 18.8. The highest BCUT2D eigenvalue weighted by Crippen LogP contribution is 2.39. The van der Waals surface area contributed by atoms with E-state index in [1.807, 2.05) is 48.7 Å². The summed E-state index contributed by atoms with van der Waals surface area (Å²) in [4.78, 5) is 10.9. The lowest BCUT2D eigenvalue weighted by atomic mass is 10.1. The van der Waals surface area contributed by atoms with E-state index >= 15 is 0 Å². The van der Waals surface area contributed by atoms with Crippen molar-refractivity contribution in [3.63, 3.8) is 0 Å². The second-order valence-electron chi connectivity index (χ2n) is 7.09. The molecule has 1 saturated heterocycles. The van der Waals surface area contributed by atoms with Crippen LogP contribution in [0.2, 0.25) is 0 Å². The summed E-state index contributed by atoms with van der Waals surface area (Å²) in [5, 5.41) is 20.2. The van der Waals surface area contributed by atoms with Gasteiger partial charge in [0.05, 0.1) is 12.2 Å². The summed E-state index contributed by atoms with van der Waals surface area (Å²) in [6.45, 7) is 6.56. The van der Waals surface area contributed by atoms with Crippen LogP contribution in [0.4, 0.5) is 11.6 Å². The fraction of sp³-hybridized carbons (Fsp3) is 0.400. The van der Waals surface area contributed by atoms with Gasteiger partial charge >= 0.3 is 0 Å². The highest BCUT2D eigenvalue weighted by Gasteiger charge is 2.19. The van der Waals surface area contributed by atoms with Crippen molar-refractivity contribution in [1.29, 1.82) is 0 Å². The molecule has 1 aliphatic rings. The maximum atomic E-state index is 10.9. The summed E-state index contributed by atoms with van der Waals surface area (Å²) in [6, 6.07) is 9.77. The van der Waals surface area contributed by atoms with Crippen LogP contribution < -0.4 is 0 Å².